The fraction of sp³-hybridized carbons (Fsp3) is 0.846. The summed E-state index contributed by atoms with van der Waals surface area (Å²) in [6, 6.07) is 0. The van der Waals surface area contributed by atoms with Crippen molar-refractivity contribution in [1.29, 1.82) is 0 Å². The number of halogens is 1. The molecule has 1 rings (SSSR count). The van der Waals surface area contributed by atoms with Gasteiger partial charge in [0, 0.05) is 18.8 Å². The van der Waals surface area contributed by atoms with Crippen LogP contribution in [0.15, 0.2) is 0 Å². The number of hydrogen-bond donors (Lipinski definition) is 0. The van der Waals surface area contributed by atoms with Crippen molar-refractivity contribution >= 4 is 11.6 Å². The van der Waals surface area contributed by atoms with E-state index in [0.717, 1.165) is 12.8 Å². The molecule has 1 saturated carbocycles. The fourth-order valence-electron chi connectivity index (χ4n) is 2.38. The molecule has 3 heteroatoms. The van der Waals surface area contributed by atoms with Crippen LogP contribution in [0.1, 0.15) is 51.9 Å². The molecular weight excluding hydrogens is 207 g/mol. The van der Waals surface area contributed by atoms with Crippen LogP contribution in [0.5, 0.6) is 0 Å². The molecule has 1 aliphatic carbocycles. The minimum Gasteiger partial charge on any atom is -0.300 e. The van der Waals surface area contributed by atoms with Crippen molar-refractivity contribution in [3.05, 3.63) is 0 Å². The van der Waals surface area contributed by atoms with Gasteiger partial charge in [-0.15, -0.1) is 0 Å². The van der Waals surface area contributed by atoms with Crippen LogP contribution in [0.25, 0.3) is 0 Å². The first-order chi connectivity index (χ1) is 7.63. The molecule has 1 aliphatic rings. The molecule has 0 aromatic rings. The summed E-state index contributed by atoms with van der Waals surface area (Å²) in [5.41, 5.74) is 0. The van der Waals surface area contributed by atoms with Crippen LogP contribution in [-0.2, 0) is 9.59 Å². The lowest BCUT2D eigenvalue weighted by atomic mass is 9.84. The summed E-state index contributed by atoms with van der Waals surface area (Å²) in [6.45, 7) is 0.693. The normalized spacial score (nSPS) is 19.4. The molecule has 0 bridgehead atoms. The number of hydrogen-bond acceptors (Lipinski definition) is 2. The molecule has 0 aromatic carbocycles. The molecule has 1 atom stereocenters. The van der Waals surface area contributed by atoms with Gasteiger partial charge in [0.25, 0.3) is 0 Å². The van der Waals surface area contributed by atoms with E-state index in [1.54, 1.807) is 6.92 Å². The van der Waals surface area contributed by atoms with E-state index < -0.39 is 18.4 Å². The van der Waals surface area contributed by atoms with Crippen molar-refractivity contribution in [2.24, 2.45) is 11.8 Å². The monoisotopic (exact) mass is 228 g/mol. The first-order valence-electron chi connectivity index (χ1n) is 6.24. The molecule has 92 valence electrons. The molecule has 16 heavy (non-hydrogen) atoms. The van der Waals surface area contributed by atoms with Gasteiger partial charge < -0.3 is 0 Å². The summed E-state index contributed by atoms with van der Waals surface area (Å²) in [7, 11) is 0. The molecule has 0 aliphatic heterocycles. The minimum absolute atomic E-state index is 0.126. The van der Waals surface area contributed by atoms with E-state index in [0.29, 0.717) is 12.3 Å². The highest BCUT2D eigenvalue weighted by molar-refractivity contribution is 5.88. The van der Waals surface area contributed by atoms with E-state index in [9.17, 15) is 14.0 Å². The zero-order valence-electron chi connectivity index (χ0n) is 10.0. The van der Waals surface area contributed by atoms with Gasteiger partial charge in [-0.2, -0.15) is 0 Å². The lowest BCUT2D eigenvalue weighted by Crippen LogP contribution is -2.19. The topological polar surface area (TPSA) is 34.1 Å². The highest BCUT2D eigenvalue weighted by atomic mass is 19.1. The Kier molecular flexibility index (Phi) is 5.64. The van der Waals surface area contributed by atoms with Gasteiger partial charge in [-0.05, 0) is 5.92 Å². The van der Waals surface area contributed by atoms with E-state index in [-0.39, 0.29) is 12.2 Å². The Morgan fingerprint density at radius 3 is 2.44 bits per heavy atom. The van der Waals surface area contributed by atoms with Crippen molar-refractivity contribution in [3.63, 3.8) is 0 Å². The number of alkyl halides is 1. The first-order valence-corrected chi connectivity index (χ1v) is 6.24. The molecule has 0 aromatic heterocycles. The third-order valence-corrected chi connectivity index (χ3v) is 3.46. The van der Waals surface area contributed by atoms with Gasteiger partial charge in [0.15, 0.2) is 5.78 Å². The number of carbonyl (C=O) groups is 2. The molecule has 0 spiro atoms. The summed E-state index contributed by atoms with van der Waals surface area (Å²) in [5, 5.41) is 0. The first kappa shape index (κ1) is 13.3. The summed E-state index contributed by atoms with van der Waals surface area (Å²) >= 11 is 0. The maximum absolute atomic E-state index is 12.1. The number of carbonyl (C=O) groups excluding carboxylic acids is 2. The van der Waals surface area contributed by atoms with Crippen molar-refractivity contribution in [2.75, 3.05) is 6.67 Å². The van der Waals surface area contributed by atoms with E-state index in [4.69, 9.17) is 0 Å². The predicted molar refractivity (Wildman–Crippen MR) is 61.0 cm³/mol. The number of rotatable bonds is 6. The Morgan fingerprint density at radius 2 is 1.88 bits per heavy atom. The van der Waals surface area contributed by atoms with Crippen LogP contribution in [0, 0.1) is 11.8 Å². The Hall–Kier alpha value is -0.730. The minimum atomic E-state index is -0.947. The van der Waals surface area contributed by atoms with Gasteiger partial charge in [-0.3, -0.25) is 9.59 Å². The fourth-order valence-corrected chi connectivity index (χ4v) is 2.38. The molecule has 0 heterocycles. The highest BCUT2D eigenvalue weighted by Crippen LogP contribution is 2.27. The van der Waals surface area contributed by atoms with Crippen LogP contribution in [-0.4, -0.2) is 18.2 Å². The standard InChI is InChI=1S/C13H21FO2/c1-10(13(16)9-14)7-12(15)8-11-5-3-2-4-6-11/h10-11H,2-9H2,1H3. The summed E-state index contributed by atoms with van der Waals surface area (Å²) in [6.07, 6.45) is 6.80. The Balaban J connectivity index is 2.26. The second-order valence-corrected chi connectivity index (χ2v) is 4.95. The summed E-state index contributed by atoms with van der Waals surface area (Å²) in [4.78, 5) is 22.7. The Morgan fingerprint density at radius 1 is 1.25 bits per heavy atom. The van der Waals surface area contributed by atoms with Crippen LogP contribution in [0.4, 0.5) is 4.39 Å². The van der Waals surface area contributed by atoms with Crippen LogP contribution >= 0.6 is 0 Å². The molecule has 0 saturated heterocycles. The molecule has 0 amide bonds. The maximum Gasteiger partial charge on any atom is 0.167 e. The summed E-state index contributed by atoms with van der Waals surface area (Å²) < 4.78 is 12.1. The Labute approximate surface area is 96.6 Å². The van der Waals surface area contributed by atoms with Gasteiger partial charge >= 0.3 is 0 Å². The lowest BCUT2D eigenvalue weighted by molar-refractivity contribution is -0.128. The Bertz CT molecular complexity index is 244. The van der Waals surface area contributed by atoms with E-state index in [1.165, 1.54) is 19.3 Å². The smallest absolute Gasteiger partial charge is 0.167 e. The van der Waals surface area contributed by atoms with E-state index in [1.807, 2.05) is 0 Å². The largest absolute Gasteiger partial charge is 0.300 e. The van der Waals surface area contributed by atoms with Gasteiger partial charge in [-0.1, -0.05) is 39.0 Å². The zero-order chi connectivity index (χ0) is 12.0. The van der Waals surface area contributed by atoms with E-state index >= 15 is 0 Å². The molecular formula is C13H21FO2. The number of Topliss-reactive ketones (excluding diaryl/α,β-unsaturated/α-hetero) is 2. The second kappa shape index (κ2) is 6.77. The third-order valence-electron chi connectivity index (χ3n) is 3.46. The lowest BCUT2D eigenvalue weighted by Gasteiger charge is -2.21. The third kappa shape index (κ3) is 4.42. The van der Waals surface area contributed by atoms with Crippen molar-refractivity contribution in [1.82, 2.24) is 0 Å². The number of ketones is 2. The summed E-state index contributed by atoms with van der Waals surface area (Å²) in [5.74, 6) is -0.256. The van der Waals surface area contributed by atoms with Gasteiger partial charge in [0.05, 0.1) is 0 Å². The van der Waals surface area contributed by atoms with Crippen molar-refractivity contribution in [3.8, 4) is 0 Å². The highest BCUT2D eigenvalue weighted by Gasteiger charge is 2.20. The molecule has 0 radical (unpaired) electrons. The van der Waals surface area contributed by atoms with E-state index in [2.05, 4.69) is 0 Å². The predicted octanol–water partition coefficient (Wildman–Crippen LogP) is 3.09. The van der Waals surface area contributed by atoms with Crippen LogP contribution in [0.2, 0.25) is 0 Å². The molecule has 1 fully saturated rings. The molecule has 2 nitrogen and oxygen atoms in total. The maximum atomic E-state index is 12.1. The zero-order valence-corrected chi connectivity index (χ0v) is 10.0. The van der Waals surface area contributed by atoms with Crippen LogP contribution in [0.3, 0.4) is 0 Å². The second-order valence-electron chi connectivity index (χ2n) is 4.95. The SMILES string of the molecule is CC(CC(=O)CC1CCCCC1)C(=O)CF. The van der Waals surface area contributed by atoms with Crippen molar-refractivity contribution < 1.29 is 14.0 Å². The molecule has 0 N–H and O–H groups in total. The van der Waals surface area contributed by atoms with Crippen molar-refractivity contribution in [2.45, 2.75) is 51.9 Å². The average Bonchev–Trinajstić information content (AvgIpc) is 2.29. The van der Waals surface area contributed by atoms with Gasteiger partial charge in [-0.25, -0.2) is 4.39 Å². The quantitative estimate of drug-likeness (QED) is 0.700. The average molecular weight is 228 g/mol. The van der Waals surface area contributed by atoms with Gasteiger partial charge in [0.1, 0.15) is 12.5 Å². The van der Waals surface area contributed by atoms with Gasteiger partial charge in [0.2, 0.25) is 0 Å². The molecule has 1 unspecified atom stereocenters. The van der Waals surface area contributed by atoms with Crippen LogP contribution < -0.4 is 0 Å².